The van der Waals surface area contributed by atoms with Crippen molar-refractivity contribution in [2.75, 3.05) is 19.7 Å². The van der Waals surface area contributed by atoms with Gasteiger partial charge in [-0.2, -0.15) is 0 Å². The maximum atomic E-state index is 10.8. The van der Waals surface area contributed by atoms with E-state index in [0.717, 1.165) is 6.42 Å². The summed E-state index contributed by atoms with van der Waals surface area (Å²) >= 11 is 0. The first kappa shape index (κ1) is 15.5. The van der Waals surface area contributed by atoms with Crippen molar-refractivity contribution in [2.24, 2.45) is 0 Å². The molecule has 1 unspecified atom stereocenters. The molecule has 0 fully saturated rings. The second kappa shape index (κ2) is 9.72. The maximum Gasteiger partial charge on any atom is 0.243 e. The molecule has 5 nitrogen and oxygen atoms in total. The molecule has 0 aliphatic rings. The minimum Gasteiger partial charge on any atom is -0.477 e. The van der Waals surface area contributed by atoms with Crippen molar-refractivity contribution in [3.05, 3.63) is 24.6 Å². The summed E-state index contributed by atoms with van der Waals surface area (Å²) in [6.07, 6.45) is 3.34. The molecule has 1 amide bonds. The van der Waals surface area contributed by atoms with Crippen LogP contribution >= 0.6 is 0 Å². The van der Waals surface area contributed by atoms with Crippen LogP contribution in [0, 0.1) is 0 Å². The average Bonchev–Trinajstić information content (AvgIpc) is 2.31. The van der Waals surface area contributed by atoms with Gasteiger partial charge in [-0.15, -0.1) is 0 Å². The average molecular weight is 242 g/mol. The molecule has 17 heavy (non-hydrogen) atoms. The summed E-state index contributed by atoms with van der Waals surface area (Å²) in [6.45, 7) is 8.42. The largest absolute Gasteiger partial charge is 0.477 e. The topological polar surface area (TPSA) is 70.6 Å². The van der Waals surface area contributed by atoms with Gasteiger partial charge in [-0.1, -0.05) is 6.58 Å². The smallest absolute Gasteiger partial charge is 0.243 e. The van der Waals surface area contributed by atoms with Gasteiger partial charge in [0.25, 0.3) is 0 Å². The highest BCUT2D eigenvalue weighted by Crippen LogP contribution is 1.94. The fourth-order valence-electron chi connectivity index (χ4n) is 1.03. The molecule has 98 valence electrons. The highest BCUT2D eigenvalue weighted by Gasteiger charge is 1.99. The van der Waals surface area contributed by atoms with Crippen LogP contribution in [0.25, 0.3) is 0 Å². The van der Waals surface area contributed by atoms with Crippen LogP contribution < -0.4 is 10.6 Å². The summed E-state index contributed by atoms with van der Waals surface area (Å²) < 4.78 is 5.30. The number of carbonyl (C=O) groups is 1. The molecule has 3 N–H and O–H groups in total. The third-order valence-corrected chi connectivity index (χ3v) is 1.88. The number of hydrogen-bond donors (Lipinski definition) is 3. The molecule has 0 saturated heterocycles. The van der Waals surface area contributed by atoms with Crippen molar-refractivity contribution in [3.63, 3.8) is 0 Å². The lowest BCUT2D eigenvalue weighted by Gasteiger charge is -2.13. The summed E-state index contributed by atoms with van der Waals surface area (Å²) in [5.74, 6) is 0.475. The Hall–Kier alpha value is -1.49. The van der Waals surface area contributed by atoms with E-state index in [2.05, 4.69) is 17.2 Å². The van der Waals surface area contributed by atoms with Crippen LogP contribution in [0.4, 0.5) is 0 Å². The first-order valence-corrected chi connectivity index (χ1v) is 5.71. The van der Waals surface area contributed by atoms with Crippen molar-refractivity contribution >= 4 is 5.91 Å². The number of rotatable bonds is 9. The van der Waals surface area contributed by atoms with E-state index in [4.69, 9.17) is 9.84 Å². The third-order valence-electron chi connectivity index (χ3n) is 1.88. The fraction of sp³-hybridized carbons (Fsp3) is 0.583. The lowest BCUT2D eigenvalue weighted by Crippen LogP contribution is -2.26. The predicted molar refractivity (Wildman–Crippen MR) is 67.2 cm³/mol. The number of carbonyl (C=O) groups excluding carboxylic acids is 1. The Kier molecular flexibility index (Phi) is 8.86. The van der Waals surface area contributed by atoms with Crippen LogP contribution in [-0.2, 0) is 9.53 Å². The molecule has 0 saturated carbocycles. The summed E-state index contributed by atoms with van der Waals surface area (Å²) in [6, 6.07) is 0. The molecule has 0 spiro atoms. The summed E-state index contributed by atoms with van der Waals surface area (Å²) in [5.41, 5.74) is 0. The Morgan fingerprint density at radius 2 is 2.12 bits per heavy atom. The first-order chi connectivity index (χ1) is 8.10. The number of amides is 1. The zero-order valence-corrected chi connectivity index (χ0v) is 10.5. The molecule has 0 aliphatic carbocycles. The number of aliphatic hydroxyl groups is 1. The van der Waals surface area contributed by atoms with E-state index in [1.165, 1.54) is 6.08 Å². The molecule has 0 radical (unpaired) electrons. The van der Waals surface area contributed by atoms with Crippen LogP contribution in [0.2, 0.25) is 0 Å². The second-order valence-electron chi connectivity index (χ2n) is 3.59. The van der Waals surface area contributed by atoms with Gasteiger partial charge >= 0.3 is 0 Å². The van der Waals surface area contributed by atoms with Crippen molar-refractivity contribution < 1.29 is 14.6 Å². The Labute approximate surface area is 103 Å². The SMILES string of the molecule is C=CC(=O)NCCCNC(=CC)OCC(C)O. The van der Waals surface area contributed by atoms with Gasteiger partial charge in [0.05, 0.1) is 6.10 Å². The number of allylic oxidation sites excluding steroid dienone is 1. The number of aliphatic hydroxyl groups excluding tert-OH is 1. The molecule has 1 atom stereocenters. The van der Waals surface area contributed by atoms with Crippen molar-refractivity contribution in [1.82, 2.24) is 10.6 Å². The van der Waals surface area contributed by atoms with Gasteiger partial charge in [-0.25, -0.2) is 0 Å². The summed E-state index contributed by atoms with van der Waals surface area (Å²) in [7, 11) is 0. The minimum absolute atomic E-state index is 0.165. The predicted octanol–water partition coefficient (Wildman–Crippen LogP) is 0.527. The van der Waals surface area contributed by atoms with Crippen molar-refractivity contribution in [2.45, 2.75) is 26.4 Å². The first-order valence-electron chi connectivity index (χ1n) is 5.71. The van der Waals surface area contributed by atoms with E-state index in [9.17, 15) is 4.79 Å². The lowest BCUT2D eigenvalue weighted by molar-refractivity contribution is -0.116. The highest BCUT2D eigenvalue weighted by atomic mass is 16.5. The zero-order chi connectivity index (χ0) is 13.1. The molecule has 0 bridgehead atoms. The maximum absolute atomic E-state index is 10.8. The van der Waals surface area contributed by atoms with Gasteiger partial charge < -0.3 is 20.5 Å². The number of nitrogens with one attached hydrogen (secondary N) is 2. The lowest BCUT2D eigenvalue weighted by atomic mass is 10.4. The van der Waals surface area contributed by atoms with Gasteiger partial charge in [0, 0.05) is 13.1 Å². The number of ether oxygens (including phenoxy) is 1. The van der Waals surface area contributed by atoms with Crippen LogP contribution in [0.1, 0.15) is 20.3 Å². The second-order valence-corrected chi connectivity index (χ2v) is 3.59. The summed E-state index contributed by atoms with van der Waals surface area (Å²) in [4.78, 5) is 10.8. The monoisotopic (exact) mass is 242 g/mol. The Balaban J connectivity index is 3.57. The van der Waals surface area contributed by atoms with Gasteiger partial charge in [-0.05, 0) is 32.4 Å². The zero-order valence-electron chi connectivity index (χ0n) is 10.5. The molecule has 0 aromatic rings. The fourth-order valence-corrected chi connectivity index (χ4v) is 1.03. The molecule has 0 aromatic heterocycles. The van der Waals surface area contributed by atoms with Crippen LogP contribution in [-0.4, -0.2) is 36.8 Å². The Morgan fingerprint density at radius 3 is 2.65 bits per heavy atom. The third kappa shape index (κ3) is 9.44. The molecule has 0 aliphatic heterocycles. The van der Waals surface area contributed by atoms with Gasteiger partial charge in [0.2, 0.25) is 5.91 Å². The minimum atomic E-state index is -0.487. The molecule has 0 aromatic carbocycles. The van der Waals surface area contributed by atoms with Gasteiger partial charge in [0.1, 0.15) is 6.61 Å². The molecular formula is C12H22N2O3. The van der Waals surface area contributed by atoms with E-state index >= 15 is 0 Å². The summed E-state index contributed by atoms with van der Waals surface area (Å²) in [5, 5.41) is 14.8. The van der Waals surface area contributed by atoms with E-state index < -0.39 is 6.10 Å². The Bertz CT molecular complexity index is 262. The standard InChI is InChI=1S/C12H22N2O3/c1-4-11(16)13-7-6-8-14-12(5-2)17-9-10(3)15/h4-5,10,14-15H,1,6-9H2,2-3H3,(H,13,16). The van der Waals surface area contributed by atoms with Gasteiger partial charge in [0.15, 0.2) is 5.88 Å². The van der Waals surface area contributed by atoms with Crippen molar-refractivity contribution in [1.29, 1.82) is 0 Å². The van der Waals surface area contributed by atoms with E-state index in [0.29, 0.717) is 19.0 Å². The van der Waals surface area contributed by atoms with Gasteiger partial charge in [-0.3, -0.25) is 4.79 Å². The Morgan fingerprint density at radius 1 is 1.47 bits per heavy atom. The molecule has 0 rings (SSSR count). The molecule has 0 heterocycles. The number of hydrogen-bond acceptors (Lipinski definition) is 4. The quantitative estimate of drug-likeness (QED) is 0.313. The van der Waals surface area contributed by atoms with E-state index in [1.54, 1.807) is 13.0 Å². The van der Waals surface area contributed by atoms with Crippen LogP contribution in [0.15, 0.2) is 24.6 Å². The van der Waals surface area contributed by atoms with E-state index in [1.807, 2.05) is 6.92 Å². The van der Waals surface area contributed by atoms with Crippen molar-refractivity contribution in [3.8, 4) is 0 Å². The van der Waals surface area contributed by atoms with Crippen LogP contribution in [0.3, 0.4) is 0 Å². The highest BCUT2D eigenvalue weighted by molar-refractivity contribution is 5.86. The van der Waals surface area contributed by atoms with Crippen LogP contribution in [0.5, 0.6) is 0 Å². The molecular weight excluding hydrogens is 220 g/mol. The molecule has 5 heteroatoms. The van der Waals surface area contributed by atoms with E-state index in [-0.39, 0.29) is 12.5 Å². The normalized spacial score (nSPS) is 12.8.